The number of nitrogens with one attached hydrogen (secondary N) is 2. The lowest BCUT2D eigenvalue weighted by molar-refractivity contribution is -0.145. The van der Waals surface area contributed by atoms with Crippen molar-refractivity contribution >= 4 is 29.2 Å². The van der Waals surface area contributed by atoms with E-state index >= 15 is 0 Å². The molecule has 2 N–H and O–H groups in total. The third-order valence-corrected chi connectivity index (χ3v) is 6.53. The van der Waals surface area contributed by atoms with Crippen LogP contribution in [-0.4, -0.2) is 31.0 Å². The maximum absolute atomic E-state index is 12.9. The molecule has 0 radical (unpaired) electrons. The van der Waals surface area contributed by atoms with Gasteiger partial charge in [-0.25, -0.2) is 0 Å². The highest BCUT2D eigenvalue weighted by molar-refractivity contribution is 6.05. The zero-order valence-electron chi connectivity index (χ0n) is 16.5. The van der Waals surface area contributed by atoms with Crippen LogP contribution in [0.3, 0.4) is 0 Å². The second-order valence-corrected chi connectivity index (χ2v) is 8.17. The molecule has 2 aliphatic carbocycles. The fraction of sp³-hybridized carbons (Fsp3) is 0.348. The van der Waals surface area contributed by atoms with Gasteiger partial charge in [-0.1, -0.05) is 6.07 Å². The average molecular weight is 406 g/mol. The molecule has 1 heterocycles. The number of hydrogen-bond donors (Lipinski definition) is 2. The molecular weight excluding hydrogens is 384 g/mol. The number of anilines is 2. The van der Waals surface area contributed by atoms with Crippen LogP contribution in [0.1, 0.15) is 23.2 Å². The molecule has 5 rings (SSSR count). The monoisotopic (exact) mass is 406 g/mol. The van der Waals surface area contributed by atoms with Gasteiger partial charge in [-0.2, -0.15) is 0 Å². The summed E-state index contributed by atoms with van der Waals surface area (Å²) in [7, 11) is 1.58. The quantitative estimate of drug-likeness (QED) is 0.745. The maximum Gasteiger partial charge on any atom is 0.310 e. The lowest BCUT2D eigenvalue weighted by atomic mass is 9.79. The molecule has 2 bridgehead atoms. The first-order valence-corrected chi connectivity index (χ1v) is 10.1. The van der Waals surface area contributed by atoms with Gasteiger partial charge >= 0.3 is 5.97 Å². The molecule has 0 spiro atoms. The largest absolute Gasteiger partial charge is 0.497 e. The highest BCUT2D eigenvalue weighted by Gasteiger charge is 2.63. The number of carbonyl (C=O) groups excluding carboxylic acids is 3. The normalized spacial score (nSPS) is 28.2. The summed E-state index contributed by atoms with van der Waals surface area (Å²) in [5, 5.41) is 5.73. The van der Waals surface area contributed by atoms with Crippen LogP contribution in [0.5, 0.6) is 5.75 Å². The van der Waals surface area contributed by atoms with Gasteiger partial charge in [-0.15, -0.1) is 0 Å². The van der Waals surface area contributed by atoms with Crippen LogP contribution in [0.25, 0.3) is 0 Å². The van der Waals surface area contributed by atoms with Crippen LogP contribution in [0.15, 0.2) is 48.5 Å². The Labute approximate surface area is 173 Å². The molecule has 5 atom stereocenters. The van der Waals surface area contributed by atoms with Crippen molar-refractivity contribution in [2.75, 3.05) is 17.7 Å². The van der Waals surface area contributed by atoms with Crippen molar-refractivity contribution in [3.63, 3.8) is 0 Å². The average Bonchev–Trinajstić information content (AvgIpc) is 3.37. The van der Waals surface area contributed by atoms with E-state index in [-0.39, 0.29) is 47.6 Å². The van der Waals surface area contributed by atoms with Crippen LogP contribution < -0.4 is 15.4 Å². The van der Waals surface area contributed by atoms with E-state index in [2.05, 4.69) is 10.6 Å². The number of carbonyl (C=O) groups is 3. The van der Waals surface area contributed by atoms with E-state index in [0.29, 0.717) is 22.7 Å². The first-order chi connectivity index (χ1) is 14.5. The number of ether oxygens (including phenoxy) is 2. The number of rotatable bonds is 5. The SMILES string of the molecule is COc1ccc(NC(=O)c2cccc(NC(=O)[C@@H]3[C@@H]4C[C@@H]5[C@H]3C(=O)O[C@H]5C4)c2)cc1. The molecule has 1 aliphatic heterocycles. The Hall–Kier alpha value is -3.35. The molecule has 2 amide bonds. The fourth-order valence-electron chi connectivity index (χ4n) is 5.20. The number of hydrogen-bond acceptors (Lipinski definition) is 5. The van der Waals surface area contributed by atoms with Crippen LogP contribution in [0.4, 0.5) is 11.4 Å². The van der Waals surface area contributed by atoms with Crippen molar-refractivity contribution < 1.29 is 23.9 Å². The minimum absolute atomic E-state index is 0.00142. The van der Waals surface area contributed by atoms with E-state index in [4.69, 9.17) is 9.47 Å². The van der Waals surface area contributed by atoms with Crippen LogP contribution >= 0.6 is 0 Å². The van der Waals surface area contributed by atoms with Crippen molar-refractivity contribution in [2.45, 2.75) is 18.9 Å². The number of fused-ring (bicyclic) bond motifs is 1. The molecule has 0 aromatic heterocycles. The first kappa shape index (κ1) is 18.7. The standard InChI is InChI=1S/C23H22N2O5/c1-29-16-7-5-14(6-8-16)24-21(26)12-3-2-4-15(9-12)25-22(27)19-13-10-17-18(11-13)30-23(28)20(17)19/h2-9,13,17-20H,10-11H2,1H3,(H,24,26)(H,25,27)/t13-,17+,18+,19-,20-/m1/s1. The van der Waals surface area contributed by atoms with Crippen LogP contribution in [0, 0.1) is 23.7 Å². The Kier molecular flexibility index (Phi) is 4.46. The molecule has 7 heteroatoms. The van der Waals surface area contributed by atoms with Crippen molar-refractivity contribution in [1.82, 2.24) is 0 Å². The van der Waals surface area contributed by atoms with Gasteiger partial charge in [0.25, 0.3) is 5.91 Å². The fourth-order valence-corrected chi connectivity index (χ4v) is 5.20. The molecule has 2 aromatic carbocycles. The Morgan fingerprint density at radius 1 is 1.03 bits per heavy atom. The van der Waals surface area contributed by atoms with Gasteiger partial charge in [0.05, 0.1) is 18.9 Å². The third kappa shape index (κ3) is 3.10. The van der Waals surface area contributed by atoms with E-state index in [9.17, 15) is 14.4 Å². The summed E-state index contributed by atoms with van der Waals surface area (Å²) in [4.78, 5) is 37.7. The molecule has 2 aromatic rings. The second-order valence-electron chi connectivity index (χ2n) is 8.17. The number of amides is 2. The number of benzene rings is 2. The molecule has 154 valence electrons. The summed E-state index contributed by atoms with van der Waals surface area (Å²) in [5.74, 6) is -0.282. The highest BCUT2D eigenvalue weighted by Crippen LogP contribution is 2.57. The predicted octanol–water partition coefficient (Wildman–Crippen LogP) is 3.08. The topological polar surface area (TPSA) is 93.7 Å². The summed E-state index contributed by atoms with van der Waals surface area (Å²) in [6.45, 7) is 0. The van der Waals surface area contributed by atoms with Crippen LogP contribution in [0.2, 0.25) is 0 Å². The summed E-state index contributed by atoms with van der Waals surface area (Å²) < 4.78 is 10.5. The Morgan fingerprint density at radius 3 is 2.60 bits per heavy atom. The van der Waals surface area contributed by atoms with Gasteiger partial charge in [-0.05, 0) is 61.2 Å². The molecule has 1 saturated heterocycles. The van der Waals surface area contributed by atoms with Gasteiger partial charge in [0, 0.05) is 22.9 Å². The first-order valence-electron chi connectivity index (χ1n) is 10.1. The van der Waals surface area contributed by atoms with Gasteiger partial charge in [-0.3, -0.25) is 14.4 Å². The molecule has 7 nitrogen and oxygen atoms in total. The summed E-state index contributed by atoms with van der Waals surface area (Å²) in [6.07, 6.45) is 1.65. The van der Waals surface area contributed by atoms with E-state index < -0.39 is 0 Å². The minimum Gasteiger partial charge on any atom is -0.497 e. The predicted molar refractivity (Wildman–Crippen MR) is 109 cm³/mol. The van der Waals surface area contributed by atoms with Crippen molar-refractivity contribution in [2.24, 2.45) is 23.7 Å². The summed E-state index contributed by atoms with van der Waals surface area (Å²) in [5.41, 5.74) is 1.61. The number of methoxy groups -OCH3 is 1. The lowest BCUT2D eigenvalue weighted by Gasteiger charge is -2.23. The third-order valence-electron chi connectivity index (χ3n) is 6.53. The molecular formula is C23H22N2O5. The minimum atomic E-state index is -0.349. The maximum atomic E-state index is 12.9. The summed E-state index contributed by atoms with van der Waals surface area (Å²) >= 11 is 0. The molecule has 0 unspecified atom stereocenters. The number of esters is 1. The summed E-state index contributed by atoms with van der Waals surface area (Å²) in [6, 6.07) is 13.8. The smallest absolute Gasteiger partial charge is 0.310 e. The van der Waals surface area contributed by atoms with Gasteiger partial charge in [0.15, 0.2) is 0 Å². The van der Waals surface area contributed by atoms with Crippen molar-refractivity contribution in [3.8, 4) is 5.75 Å². The molecule has 2 saturated carbocycles. The van der Waals surface area contributed by atoms with Gasteiger partial charge in [0.1, 0.15) is 11.9 Å². The zero-order valence-corrected chi connectivity index (χ0v) is 16.5. The van der Waals surface area contributed by atoms with E-state index in [1.807, 2.05) is 0 Å². The second kappa shape index (κ2) is 7.16. The molecule has 3 fully saturated rings. The molecule has 30 heavy (non-hydrogen) atoms. The van der Waals surface area contributed by atoms with Gasteiger partial charge in [0.2, 0.25) is 5.91 Å². The highest BCUT2D eigenvalue weighted by atomic mass is 16.6. The Balaban J connectivity index is 1.27. The Bertz CT molecular complexity index is 1020. The lowest BCUT2D eigenvalue weighted by Crippen LogP contribution is -2.35. The van der Waals surface area contributed by atoms with Crippen LogP contribution in [-0.2, 0) is 14.3 Å². The zero-order chi connectivity index (χ0) is 20.8. The van der Waals surface area contributed by atoms with E-state index in [1.54, 1.807) is 55.6 Å². The Morgan fingerprint density at radius 2 is 1.83 bits per heavy atom. The van der Waals surface area contributed by atoms with Crippen molar-refractivity contribution in [3.05, 3.63) is 54.1 Å². The molecule has 3 aliphatic rings. The van der Waals surface area contributed by atoms with E-state index in [1.165, 1.54) is 0 Å². The van der Waals surface area contributed by atoms with E-state index in [0.717, 1.165) is 12.8 Å². The van der Waals surface area contributed by atoms with Crippen molar-refractivity contribution in [1.29, 1.82) is 0 Å². The van der Waals surface area contributed by atoms with Gasteiger partial charge < -0.3 is 20.1 Å².